The van der Waals surface area contributed by atoms with Crippen LogP contribution in [0.4, 0.5) is 5.13 Å². The van der Waals surface area contributed by atoms with Crippen molar-refractivity contribution in [2.24, 2.45) is 0 Å². The first kappa shape index (κ1) is 14.5. The van der Waals surface area contributed by atoms with E-state index in [1.165, 1.54) is 11.3 Å². The van der Waals surface area contributed by atoms with Gasteiger partial charge in [0.05, 0.1) is 5.69 Å². The summed E-state index contributed by atoms with van der Waals surface area (Å²) in [5.41, 5.74) is 0.988. The van der Waals surface area contributed by atoms with Gasteiger partial charge in [-0.15, -0.1) is 11.3 Å². The SMILES string of the molecule is O=S(=O)(Nc1nc(C2CC2)cs1)c1ccc(Br)cc1Br. The van der Waals surface area contributed by atoms with Gasteiger partial charge < -0.3 is 0 Å². The molecule has 3 rings (SSSR count). The van der Waals surface area contributed by atoms with Crippen LogP contribution < -0.4 is 4.72 Å². The molecule has 1 fully saturated rings. The van der Waals surface area contributed by atoms with E-state index in [2.05, 4.69) is 41.6 Å². The van der Waals surface area contributed by atoms with Gasteiger partial charge in [0.2, 0.25) is 0 Å². The largest absolute Gasteiger partial charge is 0.264 e. The number of rotatable bonds is 4. The molecular weight excluding hydrogens is 428 g/mol. The Morgan fingerprint density at radius 2 is 2.05 bits per heavy atom. The van der Waals surface area contributed by atoms with E-state index in [1.54, 1.807) is 18.2 Å². The quantitative estimate of drug-likeness (QED) is 0.773. The van der Waals surface area contributed by atoms with E-state index in [-0.39, 0.29) is 4.90 Å². The highest BCUT2D eigenvalue weighted by Crippen LogP contribution is 2.41. The molecule has 0 radical (unpaired) electrons. The number of aromatic nitrogens is 1. The second-order valence-electron chi connectivity index (χ2n) is 4.53. The Bertz CT molecular complexity index is 755. The van der Waals surface area contributed by atoms with E-state index in [1.807, 2.05) is 5.38 Å². The number of nitrogens with one attached hydrogen (secondary N) is 1. The van der Waals surface area contributed by atoms with Crippen LogP contribution in [0, 0.1) is 0 Å². The predicted octanol–water partition coefficient (Wildman–Crippen LogP) is 4.35. The minimum atomic E-state index is -3.62. The lowest BCUT2D eigenvalue weighted by molar-refractivity contribution is 0.600. The van der Waals surface area contributed by atoms with Crippen molar-refractivity contribution in [1.29, 1.82) is 0 Å². The molecule has 1 saturated carbocycles. The monoisotopic (exact) mass is 436 g/mol. The van der Waals surface area contributed by atoms with Crippen molar-refractivity contribution in [2.75, 3.05) is 4.72 Å². The fourth-order valence-electron chi connectivity index (χ4n) is 1.76. The third-order valence-electron chi connectivity index (χ3n) is 2.92. The molecule has 1 aromatic heterocycles. The minimum absolute atomic E-state index is 0.198. The first-order chi connectivity index (χ1) is 9.45. The third-order valence-corrected chi connectivity index (χ3v) is 6.64. The summed E-state index contributed by atoms with van der Waals surface area (Å²) in [6.45, 7) is 0. The van der Waals surface area contributed by atoms with Crippen LogP contribution in [0.25, 0.3) is 0 Å². The number of nitrogens with zero attached hydrogens (tertiary/aromatic N) is 1. The average molecular weight is 438 g/mol. The molecule has 20 heavy (non-hydrogen) atoms. The van der Waals surface area contributed by atoms with Gasteiger partial charge in [-0.3, -0.25) is 4.72 Å². The third kappa shape index (κ3) is 3.08. The van der Waals surface area contributed by atoms with Crippen LogP contribution in [0.1, 0.15) is 24.5 Å². The number of hydrogen-bond donors (Lipinski definition) is 1. The molecule has 0 bridgehead atoms. The Kier molecular flexibility index (Phi) is 3.91. The van der Waals surface area contributed by atoms with Crippen molar-refractivity contribution in [3.63, 3.8) is 0 Å². The number of benzene rings is 1. The van der Waals surface area contributed by atoms with Crippen molar-refractivity contribution in [3.05, 3.63) is 38.2 Å². The first-order valence-corrected chi connectivity index (χ1v) is 9.84. The predicted molar refractivity (Wildman–Crippen MR) is 86.7 cm³/mol. The van der Waals surface area contributed by atoms with Gasteiger partial charge >= 0.3 is 0 Å². The lowest BCUT2D eigenvalue weighted by Gasteiger charge is -2.07. The summed E-state index contributed by atoms with van der Waals surface area (Å²) in [5.74, 6) is 0.518. The van der Waals surface area contributed by atoms with Crippen LogP contribution >= 0.6 is 43.2 Å². The molecule has 0 amide bonds. The van der Waals surface area contributed by atoms with Crippen molar-refractivity contribution in [3.8, 4) is 0 Å². The van der Waals surface area contributed by atoms with Crippen LogP contribution in [0.3, 0.4) is 0 Å². The van der Waals surface area contributed by atoms with Gasteiger partial charge in [-0.25, -0.2) is 13.4 Å². The van der Waals surface area contributed by atoms with Crippen LogP contribution in [0.5, 0.6) is 0 Å². The number of sulfonamides is 1. The summed E-state index contributed by atoms with van der Waals surface area (Å²) in [4.78, 5) is 4.53. The van der Waals surface area contributed by atoms with E-state index in [0.717, 1.165) is 23.0 Å². The molecule has 1 aliphatic carbocycles. The normalized spacial score (nSPS) is 15.3. The lowest BCUT2D eigenvalue weighted by atomic mass is 10.3. The van der Waals surface area contributed by atoms with Crippen molar-refractivity contribution < 1.29 is 8.42 Å². The standard InChI is InChI=1S/C12H10Br2N2O2S2/c13-8-3-4-11(9(14)5-8)20(17,18)16-12-15-10(6-19-12)7-1-2-7/h3-7H,1-2H2,(H,15,16). The highest BCUT2D eigenvalue weighted by Gasteiger charge is 2.27. The maximum atomic E-state index is 12.3. The lowest BCUT2D eigenvalue weighted by Crippen LogP contribution is -2.13. The Morgan fingerprint density at radius 3 is 2.70 bits per heavy atom. The molecule has 8 heteroatoms. The fourth-order valence-corrected chi connectivity index (χ4v) is 5.55. The zero-order chi connectivity index (χ0) is 14.3. The maximum Gasteiger partial charge on any atom is 0.264 e. The molecule has 0 spiro atoms. The molecule has 1 heterocycles. The number of halogens is 2. The highest BCUT2D eigenvalue weighted by atomic mass is 79.9. The van der Waals surface area contributed by atoms with E-state index in [4.69, 9.17) is 0 Å². The van der Waals surface area contributed by atoms with Crippen molar-refractivity contribution in [1.82, 2.24) is 4.98 Å². The van der Waals surface area contributed by atoms with Gasteiger partial charge in [0.25, 0.3) is 10.0 Å². The highest BCUT2D eigenvalue weighted by molar-refractivity contribution is 9.11. The molecule has 0 aliphatic heterocycles. The summed E-state index contributed by atoms with van der Waals surface area (Å²) >= 11 is 7.89. The summed E-state index contributed by atoms with van der Waals surface area (Å²) in [6, 6.07) is 4.94. The van der Waals surface area contributed by atoms with Crippen molar-refractivity contribution in [2.45, 2.75) is 23.7 Å². The van der Waals surface area contributed by atoms with E-state index >= 15 is 0 Å². The zero-order valence-electron chi connectivity index (χ0n) is 10.1. The van der Waals surface area contributed by atoms with E-state index in [9.17, 15) is 8.42 Å². The fraction of sp³-hybridized carbons (Fsp3) is 0.250. The molecule has 0 atom stereocenters. The van der Waals surface area contributed by atoms with Gasteiger partial charge in [0.1, 0.15) is 4.90 Å². The Hall–Kier alpha value is -0.440. The topological polar surface area (TPSA) is 59.1 Å². The molecule has 1 aliphatic rings. The van der Waals surface area contributed by atoms with Crippen LogP contribution in [0.2, 0.25) is 0 Å². The summed E-state index contributed by atoms with van der Waals surface area (Å²) in [6.07, 6.45) is 2.29. The Labute approximate surface area is 137 Å². The second-order valence-corrected chi connectivity index (χ2v) is 8.81. The van der Waals surface area contributed by atoms with Crippen LogP contribution in [0.15, 0.2) is 37.4 Å². The Morgan fingerprint density at radius 1 is 1.30 bits per heavy atom. The molecule has 0 unspecified atom stereocenters. The molecular formula is C12H10Br2N2O2S2. The number of anilines is 1. The number of hydrogen-bond acceptors (Lipinski definition) is 4. The molecule has 0 saturated heterocycles. The van der Waals surface area contributed by atoms with Crippen LogP contribution in [-0.4, -0.2) is 13.4 Å². The number of thiazole rings is 1. The zero-order valence-corrected chi connectivity index (χ0v) is 14.9. The maximum absolute atomic E-state index is 12.3. The molecule has 1 aromatic carbocycles. The van der Waals surface area contributed by atoms with Gasteiger partial charge in [-0.1, -0.05) is 15.9 Å². The average Bonchev–Trinajstić information content (AvgIpc) is 3.10. The van der Waals surface area contributed by atoms with Gasteiger partial charge in [0.15, 0.2) is 5.13 Å². The molecule has 2 aromatic rings. The molecule has 4 nitrogen and oxygen atoms in total. The second kappa shape index (κ2) is 5.40. The van der Waals surface area contributed by atoms with Gasteiger partial charge in [-0.05, 0) is 47.0 Å². The first-order valence-electron chi connectivity index (χ1n) is 5.89. The summed E-state index contributed by atoms with van der Waals surface area (Å²) in [7, 11) is -3.62. The summed E-state index contributed by atoms with van der Waals surface area (Å²) in [5, 5.41) is 2.34. The Balaban J connectivity index is 1.87. The molecule has 1 N–H and O–H groups in total. The summed E-state index contributed by atoms with van der Waals surface area (Å²) < 4.78 is 28.5. The van der Waals surface area contributed by atoms with Gasteiger partial charge in [0, 0.05) is 20.2 Å². The smallest absolute Gasteiger partial charge is 0.255 e. The molecule has 106 valence electrons. The van der Waals surface area contributed by atoms with Crippen molar-refractivity contribution >= 4 is 58.4 Å². The van der Waals surface area contributed by atoms with Gasteiger partial charge in [-0.2, -0.15) is 0 Å². The van der Waals surface area contributed by atoms with E-state index in [0.29, 0.717) is 15.5 Å². The van der Waals surface area contributed by atoms with E-state index < -0.39 is 10.0 Å². The van der Waals surface area contributed by atoms with Crippen LogP contribution in [-0.2, 0) is 10.0 Å². The minimum Gasteiger partial charge on any atom is -0.255 e.